The summed E-state index contributed by atoms with van der Waals surface area (Å²) in [6.45, 7) is 0. The highest BCUT2D eigenvalue weighted by Crippen LogP contribution is 2.05. The molecule has 28 heavy (non-hydrogen) atoms. The van der Waals surface area contributed by atoms with E-state index in [4.69, 9.17) is 0 Å². The van der Waals surface area contributed by atoms with E-state index in [0.717, 1.165) is 23.2 Å². The SMILES string of the molecule is O=C(C=Cc1ccccc1)c1ccccc1.c1ccc(Cc2cn[nH]n2)cc1. The largest absolute Gasteiger partial charge is 0.289 e. The molecule has 138 valence electrons. The molecule has 4 heteroatoms. The minimum Gasteiger partial charge on any atom is -0.289 e. The van der Waals surface area contributed by atoms with Gasteiger partial charge in [-0.25, -0.2) is 0 Å². The molecule has 0 bridgehead atoms. The molecule has 4 nitrogen and oxygen atoms in total. The lowest BCUT2D eigenvalue weighted by Crippen LogP contribution is -1.92. The van der Waals surface area contributed by atoms with Crippen LogP contribution in [0.4, 0.5) is 0 Å². The number of carbonyl (C=O) groups excluding carboxylic acids is 1. The summed E-state index contributed by atoms with van der Waals surface area (Å²) in [6.07, 6.45) is 6.02. The van der Waals surface area contributed by atoms with E-state index in [1.165, 1.54) is 5.56 Å². The van der Waals surface area contributed by atoms with E-state index < -0.39 is 0 Å². The van der Waals surface area contributed by atoms with Crippen LogP contribution in [-0.2, 0) is 6.42 Å². The number of rotatable bonds is 5. The first-order chi connectivity index (χ1) is 13.8. The number of nitrogens with zero attached hydrogens (tertiary/aromatic N) is 2. The van der Waals surface area contributed by atoms with Crippen LogP contribution < -0.4 is 0 Å². The molecule has 0 saturated carbocycles. The zero-order chi connectivity index (χ0) is 19.4. The molecule has 0 unspecified atom stereocenters. The summed E-state index contributed by atoms with van der Waals surface area (Å²) in [6, 6.07) is 29.3. The van der Waals surface area contributed by atoms with Crippen molar-refractivity contribution in [3.05, 3.63) is 126 Å². The van der Waals surface area contributed by atoms with E-state index in [-0.39, 0.29) is 5.78 Å². The van der Waals surface area contributed by atoms with Crippen molar-refractivity contribution in [2.75, 3.05) is 0 Å². The number of ketones is 1. The van der Waals surface area contributed by atoms with Crippen molar-refractivity contribution in [1.82, 2.24) is 15.4 Å². The second-order valence-corrected chi connectivity index (χ2v) is 6.10. The normalized spacial score (nSPS) is 10.3. The van der Waals surface area contributed by atoms with Crippen LogP contribution in [0.5, 0.6) is 0 Å². The molecule has 1 aromatic heterocycles. The van der Waals surface area contributed by atoms with Crippen LogP contribution in [0.25, 0.3) is 6.08 Å². The Morgan fingerprint density at radius 2 is 1.43 bits per heavy atom. The number of benzene rings is 3. The molecule has 0 radical (unpaired) electrons. The van der Waals surface area contributed by atoms with Crippen LogP contribution in [0.2, 0.25) is 0 Å². The summed E-state index contributed by atoms with van der Waals surface area (Å²) >= 11 is 0. The van der Waals surface area contributed by atoms with Crippen molar-refractivity contribution in [3.63, 3.8) is 0 Å². The van der Waals surface area contributed by atoms with Gasteiger partial charge in [-0.3, -0.25) is 4.79 Å². The zero-order valence-electron chi connectivity index (χ0n) is 15.4. The lowest BCUT2D eigenvalue weighted by molar-refractivity contribution is 0.104. The fourth-order valence-corrected chi connectivity index (χ4v) is 2.55. The summed E-state index contributed by atoms with van der Waals surface area (Å²) in [5, 5.41) is 10.3. The highest BCUT2D eigenvalue weighted by atomic mass is 16.1. The number of nitrogens with one attached hydrogen (secondary N) is 1. The molecule has 0 aliphatic rings. The van der Waals surface area contributed by atoms with Gasteiger partial charge in [0.1, 0.15) is 0 Å². The summed E-state index contributed by atoms with van der Waals surface area (Å²) in [7, 11) is 0. The van der Waals surface area contributed by atoms with Crippen LogP contribution in [0, 0.1) is 0 Å². The van der Waals surface area contributed by atoms with E-state index in [1.807, 2.05) is 84.9 Å². The van der Waals surface area contributed by atoms with E-state index in [0.29, 0.717) is 0 Å². The third-order valence-electron chi connectivity index (χ3n) is 3.98. The fraction of sp³-hybridized carbons (Fsp3) is 0.0417. The average molecular weight is 367 g/mol. The Morgan fingerprint density at radius 3 is 2.04 bits per heavy atom. The first-order valence-corrected chi connectivity index (χ1v) is 9.02. The third kappa shape index (κ3) is 6.18. The molecular formula is C24H21N3O. The molecule has 0 atom stereocenters. The quantitative estimate of drug-likeness (QED) is 0.400. The number of carbonyl (C=O) groups is 1. The topological polar surface area (TPSA) is 58.6 Å². The predicted octanol–water partition coefficient (Wildman–Crippen LogP) is 4.98. The zero-order valence-corrected chi connectivity index (χ0v) is 15.4. The average Bonchev–Trinajstić information content (AvgIpc) is 3.28. The second kappa shape index (κ2) is 10.4. The first-order valence-electron chi connectivity index (χ1n) is 9.02. The lowest BCUT2D eigenvalue weighted by Gasteiger charge is -1.94. The van der Waals surface area contributed by atoms with Crippen molar-refractivity contribution in [2.24, 2.45) is 0 Å². The Labute approximate surface area is 164 Å². The summed E-state index contributed by atoms with van der Waals surface area (Å²) in [5.74, 6) is 0.0319. The Kier molecular flexibility index (Phi) is 7.04. The number of allylic oxidation sites excluding steroid dienone is 1. The molecule has 1 N–H and O–H groups in total. The van der Waals surface area contributed by atoms with Gasteiger partial charge in [0, 0.05) is 12.0 Å². The van der Waals surface area contributed by atoms with Gasteiger partial charge in [-0.2, -0.15) is 15.4 Å². The van der Waals surface area contributed by atoms with E-state index in [9.17, 15) is 4.79 Å². The van der Waals surface area contributed by atoms with Crippen molar-refractivity contribution in [1.29, 1.82) is 0 Å². The Bertz CT molecular complexity index is 980. The van der Waals surface area contributed by atoms with Gasteiger partial charge in [-0.15, -0.1) is 0 Å². The van der Waals surface area contributed by atoms with E-state index in [1.54, 1.807) is 12.3 Å². The molecule has 0 spiro atoms. The molecule has 4 rings (SSSR count). The molecule has 0 saturated heterocycles. The van der Waals surface area contributed by atoms with Crippen molar-refractivity contribution < 1.29 is 4.79 Å². The maximum absolute atomic E-state index is 11.7. The van der Waals surface area contributed by atoms with Gasteiger partial charge in [0.25, 0.3) is 0 Å². The second-order valence-electron chi connectivity index (χ2n) is 6.10. The minimum absolute atomic E-state index is 0.0319. The summed E-state index contributed by atoms with van der Waals surface area (Å²) < 4.78 is 0. The first kappa shape index (κ1) is 19.0. The van der Waals surface area contributed by atoms with Gasteiger partial charge in [-0.1, -0.05) is 97.1 Å². The van der Waals surface area contributed by atoms with Crippen LogP contribution in [-0.4, -0.2) is 21.2 Å². The van der Waals surface area contributed by atoms with E-state index >= 15 is 0 Å². The van der Waals surface area contributed by atoms with Gasteiger partial charge in [0.15, 0.2) is 5.78 Å². The molecule has 4 aromatic rings. The number of hydrogen-bond acceptors (Lipinski definition) is 3. The number of aromatic nitrogens is 3. The minimum atomic E-state index is 0.0319. The number of aromatic amines is 1. The van der Waals surface area contributed by atoms with Crippen molar-refractivity contribution in [3.8, 4) is 0 Å². The maximum atomic E-state index is 11.7. The third-order valence-corrected chi connectivity index (χ3v) is 3.98. The molecule has 0 amide bonds. The predicted molar refractivity (Wildman–Crippen MR) is 112 cm³/mol. The van der Waals surface area contributed by atoms with Gasteiger partial charge >= 0.3 is 0 Å². The maximum Gasteiger partial charge on any atom is 0.185 e. The smallest absolute Gasteiger partial charge is 0.185 e. The molecule has 0 aliphatic heterocycles. The van der Waals surface area contributed by atoms with E-state index in [2.05, 4.69) is 27.5 Å². The van der Waals surface area contributed by atoms with Crippen LogP contribution >= 0.6 is 0 Å². The van der Waals surface area contributed by atoms with Crippen molar-refractivity contribution >= 4 is 11.9 Å². The number of H-pyrrole nitrogens is 1. The van der Waals surface area contributed by atoms with Crippen LogP contribution in [0.15, 0.2) is 103 Å². The van der Waals surface area contributed by atoms with Gasteiger partial charge in [0.05, 0.1) is 11.9 Å². The van der Waals surface area contributed by atoms with Gasteiger partial charge in [0.2, 0.25) is 0 Å². The number of hydrogen-bond donors (Lipinski definition) is 1. The standard InChI is InChI=1S/C15H12O.C9H9N3/c16-15(14-9-5-2-6-10-14)12-11-13-7-3-1-4-8-13;1-2-4-8(5-3-1)6-9-7-10-12-11-9/h1-12H;1-5,7H,6H2,(H,10,11,12). The van der Waals surface area contributed by atoms with Gasteiger partial charge < -0.3 is 0 Å². The lowest BCUT2D eigenvalue weighted by atomic mass is 10.1. The van der Waals surface area contributed by atoms with Crippen LogP contribution in [0.1, 0.15) is 27.2 Å². The monoisotopic (exact) mass is 367 g/mol. The summed E-state index contributed by atoms with van der Waals surface area (Å²) in [4.78, 5) is 11.7. The van der Waals surface area contributed by atoms with Gasteiger partial charge in [-0.05, 0) is 17.2 Å². The molecule has 0 aliphatic carbocycles. The molecular weight excluding hydrogens is 346 g/mol. The fourth-order valence-electron chi connectivity index (χ4n) is 2.55. The molecule has 3 aromatic carbocycles. The molecule has 1 heterocycles. The Morgan fingerprint density at radius 1 is 0.821 bits per heavy atom. The highest BCUT2D eigenvalue weighted by molar-refractivity contribution is 6.06. The van der Waals surface area contributed by atoms with Crippen molar-refractivity contribution in [2.45, 2.75) is 6.42 Å². The highest BCUT2D eigenvalue weighted by Gasteiger charge is 1.98. The summed E-state index contributed by atoms with van der Waals surface area (Å²) in [5.41, 5.74) is 3.98. The Hall–Kier alpha value is -3.79. The Balaban J connectivity index is 0.000000167. The molecule has 0 fully saturated rings. The van der Waals surface area contributed by atoms with Crippen LogP contribution in [0.3, 0.4) is 0 Å².